The molecule has 0 atom stereocenters. The van der Waals surface area contributed by atoms with Crippen LogP contribution in [-0.2, 0) is 0 Å². The number of anilines is 1. The molecule has 1 aromatic heterocycles. The molecule has 1 aliphatic carbocycles. The van der Waals surface area contributed by atoms with Crippen LogP contribution in [0.5, 0.6) is 0 Å². The Hall–Kier alpha value is -3.12. The van der Waals surface area contributed by atoms with Gasteiger partial charge in [-0.15, -0.1) is 0 Å². The minimum atomic E-state index is -0.115. The first kappa shape index (κ1) is 17.0. The first-order valence-corrected chi connectivity index (χ1v) is 9.81. The van der Waals surface area contributed by atoms with E-state index < -0.39 is 0 Å². The van der Waals surface area contributed by atoms with Crippen molar-refractivity contribution in [2.24, 2.45) is 0 Å². The van der Waals surface area contributed by atoms with E-state index in [-0.39, 0.29) is 5.56 Å². The molecule has 0 unspecified atom stereocenters. The van der Waals surface area contributed by atoms with Crippen LogP contribution in [0.15, 0.2) is 53.3 Å². The van der Waals surface area contributed by atoms with E-state index >= 15 is 0 Å². The lowest BCUT2D eigenvalue weighted by molar-refractivity contribution is 0.271. The number of aromatic nitrogens is 3. The lowest BCUT2D eigenvalue weighted by atomic mass is 10.1. The third-order valence-corrected chi connectivity index (χ3v) is 5.67. The zero-order valence-electron chi connectivity index (χ0n) is 15.9. The second-order valence-electron chi connectivity index (χ2n) is 7.28. The summed E-state index contributed by atoms with van der Waals surface area (Å²) in [6, 6.07) is 16.0. The Balaban J connectivity index is 1.52. The molecule has 0 spiro atoms. The maximum Gasteiger partial charge on any atom is 0.260 e. The standard InChI is InChI=1S/C22H23N5O/c1-2-26-10-12-27(13-11-26)15-8-9-18-19(14-15)24-21(23-18)20-16-6-4-3-5-7-17(16)25-22(20)28/h3-9,14H,2,10-13H2,1H3,(H,23,24)(H,25,28). The number of H-pyrrole nitrogens is 2. The van der Waals surface area contributed by atoms with Gasteiger partial charge in [-0.1, -0.05) is 31.2 Å². The fourth-order valence-electron chi connectivity index (χ4n) is 4.05. The van der Waals surface area contributed by atoms with Crippen LogP contribution in [0, 0.1) is 0 Å². The predicted molar refractivity (Wildman–Crippen MR) is 113 cm³/mol. The summed E-state index contributed by atoms with van der Waals surface area (Å²) in [4.78, 5) is 28.4. The topological polar surface area (TPSA) is 68.0 Å². The molecule has 0 radical (unpaired) electrons. The smallest absolute Gasteiger partial charge is 0.260 e. The number of hydrogen-bond acceptors (Lipinski definition) is 4. The molecule has 6 heteroatoms. The van der Waals surface area contributed by atoms with Crippen LogP contribution in [0.3, 0.4) is 0 Å². The molecule has 142 valence electrons. The van der Waals surface area contributed by atoms with Crippen LogP contribution in [0.2, 0.25) is 0 Å². The van der Waals surface area contributed by atoms with E-state index in [0.717, 1.165) is 55.0 Å². The number of fused-ring (bicyclic) bond motifs is 2. The molecule has 2 aliphatic heterocycles. The SMILES string of the molecule is CCN1CCN(c2ccc3nc(-c4c5cccccc-5[nH]c4=O)[nH]c3c2)CC1. The summed E-state index contributed by atoms with van der Waals surface area (Å²) in [6.45, 7) is 7.57. The van der Waals surface area contributed by atoms with Crippen LogP contribution in [0.1, 0.15) is 6.92 Å². The van der Waals surface area contributed by atoms with Crippen LogP contribution in [0.25, 0.3) is 33.7 Å². The molecule has 0 bridgehead atoms. The second-order valence-corrected chi connectivity index (χ2v) is 7.28. The first-order valence-electron chi connectivity index (χ1n) is 9.81. The van der Waals surface area contributed by atoms with Crippen molar-refractivity contribution < 1.29 is 0 Å². The van der Waals surface area contributed by atoms with Gasteiger partial charge in [-0.2, -0.15) is 0 Å². The van der Waals surface area contributed by atoms with E-state index in [0.29, 0.717) is 11.4 Å². The third kappa shape index (κ3) is 2.86. The number of hydrogen-bond donors (Lipinski definition) is 2. The minimum absolute atomic E-state index is 0.115. The van der Waals surface area contributed by atoms with Gasteiger partial charge in [-0.3, -0.25) is 4.79 Å². The van der Waals surface area contributed by atoms with Crippen LogP contribution < -0.4 is 10.5 Å². The van der Waals surface area contributed by atoms with Gasteiger partial charge >= 0.3 is 0 Å². The molecule has 2 N–H and O–H groups in total. The lowest BCUT2D eigenvalue weighted by Crippen LogP contribution is -2.46. The van der Waals surface area contributed by atoms with Crippen molar-refractivity contribution in [1.29, 1.82) is 0 Å². The average molecular weight is 373 g/mol. The van der Waals surface area contributed by atoms with Gasteiger partial charge in [0, 0.05) is 43.1 Å². The zero-order chi connectivity index (χ0) is 19.1. The fraction of sp³-hybridized carbons (Fsp3) is 0.273. The maximum absolute atomic E-state index is 12.6. The summed E-state index contributed by atoms with van der Waals surface area (Å²) in [5.74, 6) is 0.616. The molecule has 0 saturated carbocycles. The Kier molecular flexibility index (Phi) is 4.13. The van der Waals surface area contributed by atoms with Gasteiger partial charge in [-0.05, 0) is 30.8 Å². The Labute approximate surface area is 163 Å². The van der Waals surface area contributed by atoms with Crippen molar-refractivity contribution in [1.82, 2.24) is 19.9 Å². The summed E-state index contributed by atoms with van der Waals surface area (Å²) < 4.78 is 0. The maximum atomic E-state index is 12.6. The van der Waals surface area contributed by atoms with Crippen LogP contribution in [0.4, 0.5) is 5.69 Å². The van der Waals surface area contributed by atoms with Crippen molar-refractivity contribution >= 4 is 16.7 Å². The quantitative estimate of drug-likeness (QED) is 0.579. The Morgan fingerprint density at radius 2 is 1.82 bits per heavy atom. The molecular formula is C22H23N5O. The average Bonchev–Trinajstić information content (AvgIpc) is 3.19. The summed E-state index contributed by atoms with van der Waals surface area (Å²) in [5.41, 5.74) is 5.21. The van der Waals surface area contributed by atoms with E-state index in [9.17, 15) is 4.79 Å². The number of piperazine rings is 1. The molecule has 2 aromatic rings. The second kappa shape index (κ2) is 6.80. The number of aromatic amines is 2. The number of imidazole rings is 1. The van der Waals surface area contributed by atoms with E-state index in [2.05, 4.69) is 38.8 Å². The molecule has 1 fully saturated rings. The first-order chi connectivity index (χ1) is 13.7. The summed E-state index contributed by atoms with van der Waals surface area (Å²) >= 11 is 0. The molecule has 0 amide bonds. The molecule has 28 heavy (non-hydrogen) atoms. The molecule has 3 heterocycles. The zero-order valence-corrected chi connectivity index (χ0v) is 15.9. The van der Waals surface area contributed by atoms with E-state index in [1.165, 1.54) is 5.69 Å². The number of nitrogens with one attached hydrogen (secondary N) is 2. The van der Waals surface area contributed by atoms with Crippen molar-refractivity contribution in [3.63, 3.8) is 0 Å². The summed E-state index contributed by atoms with van der Waals surface area (Å²) in [6.07, 6.45) is 0. The minimum Gasteiger partial charge on any atom is -0.369 e. The van der Waals surface area contributed by atoms with Crippen molar-refractivity contribution in [3.8, 4) is 22.6 Å². The monoisotopic (exact) mass is 373 g/mol. The van der Waals surface area contributed by atoms with Crippen molar-refractivity contribution in [2.45, 2.75) is 6.92 Å². The van der Waals surface area contributed by atoms with Crippen LogP contribution >= 0.6 is 0 Å². The highest BCUT2D eigenvalue weighted by atomic mass is 16.1. The Bertz CT molecular complexity index is 1150. The highest BCUT2D eigenvalue weighted by molar-refractivity contribution is 5.87. The Morgan fingerprint density at radius 1 is 1.00 bits per heavy atom. The van der Waals surface area contributed by atoms with E-state index in [1.54, 1.807) is 0 Å². The highest BCUT2D eigenvalue weighted by Gasteiger charge is 2.20. The van der Waals surface area contributed by atoms with Gasteiger partial charge in [0.2, 0.25) is 0 Å². The van der Waals surface area contributed by atoms with Crippen molar-refractivity contribution in [2.75, 3.05) is 37.6 Å². The summed E-state index contributed by atoms with van der Waals surface area (Å²) in [5, 5.41) is 0. The largest absolute Gasteiger partial charge is 0.369 e. The third-order valence-electron chi connectivity index (χ3n) is 5.67. The number of rotatable bonds is 3. The molecule has 6 nitrogen and oxygen atoms in total. The molecule has 3 aliphatic rings. The molecule has 5 rings (SSSR count). The van der Waals surface area contributed by atoms with Gasteiger partial charge in [-0.25, -0.2) is 4.98 Å². The van der Waals surface area contributed by atoms with Crippen molar-refractivity contribution in [3.05, 3.63) is 58.9 Å². The highest BCUT2D eigenvalue weighted by Crippen LogP contribution is 2.30. The van der Waals surface area contributed by atoms with E-state index in [1.807, 2.05) is 36.4 Å². The van der Waals surface area contributed by atoms with Crippen LogP contribution in [-0.4, -0.2) is 52.6 Å². The molecule has 1 aromatic carbocycles. The lowest BCUT2D eigenvalue weighted by Gasteiger charge is -2.35. The molecule has 1 saturated heterocycles. The van der Waals surface area contributed by atoms with Gasteiger partial charge < -0.3 is 19.8 Å². The summed E-state index contributed by atoms with van der Waals surface area (Å²) in [7, 11) is 0. The number of benzene rings is 1. The van der Waals surface area contributed by atoms with Gasteiger partial charge in [0.1, 0.15) is 5.82 Å². The Morgan fingerprint density at radius 3 is 2.64 bits per heavy atom. The molecular weight excluding hydrogens is 350 g/mol. The number of nitrogens with zero attached hydrogens (tertiary/aromatic N) is 3. The fourth-order valence-corrected chi connectivity index (χ4v) is 4.05. The van der Waals surface area contributed by atoms with Gasteiger partial charge in [0.15, 0.2) is 0 Å². The van der Waals surface area contributed by atoms with Gasteiger partial charge in [0.25, 0.3) is 5.56 Å². The normalized spacial score (nSPS) is 15.5. The number of likely N-dealkylation sites (N-methyl/N-ethyl adjacent to an activating group) is 1. The predicted octanol–water partition coefficient (Wildman–Crippen LogP) is 3.16. The van der Waals surface area contributed by atoms with Gasteiger partial charge in [0.05, 0.1) is 16.6 Å². The van der Waals surface area contributed by atoms with E-state index in [4.69, 9.17) is 4.98 Å².